The van der Waals surface area contributed by atoms with Crippen LogP contribution < -0.4 is 5.43 Å². The molecule has 8 heteroatoms. The number of furan rings is 1. The second-order valence-electron chi connectivity index (χ2n) is 5.88. The number of esters is 1. The van der Waals surface area contributed by atoms with Gasteiger partial charge in [-0.25, -0.2) is 4.39 Å². The van der Waals surface area contributed by atoms with Crippen LogP contribution >= 0.6 is 11.8 Å². The van der Waals surface area contributed by atoms with Gasteiger partial charge in [-0.2, -0.15) is 0 Å². The molecule has 6 nitrogen and oxygen atoms in total. The highest BCUT2D eigenvalue weighted by Gasteiger charge is 2.28. The third kappa shape index (κ3) is 4.64. The zero-order valence-electron chi connectivity index (χ0n) is 14.9. The fourth-order valence-corrected chi connectivity index (χ4v) is 3.39. The highest BCUT2D eigenvalue weighted by molar-refractivity contribution is 7.98. The Morgan fingerprint density at radius 2 is 2.04 bits per heavy atom. The number of hydrogen-bond acceptors (Lipinski definition) is 7. The number of carbonyl (C=O) groups is 1. The predicted molar refractivity (Wildman–Crippen MR) is 99.8 cm³/mol. The van der Waals surface area contributed by atoms with E-state index in [2.05, 4.69) is 0 Å². The van der Waals surface area contributed by atoms with Gasteiger partial charge in [0.25, 0.3) is 0 Å². The number of carbonyl (C=O) groups excluding carboxylic acids is 1. The van der Waals surface area contributed by atoms with E-state index in [1.807, 2.05) is 0 Å². The molecule has 0 aliphatic rings. The predicted octanol–water partition coefficient (Wildman–Crippen LogP) is 4.06. The first-order chi connectivity index (χ1) is 13.5. The lowest BCUT2D eigenvalue weighted by Gasteiger charge is -2.15. The topological polar surface area (TPSA) is 89.9 Å². The molecule has 1 unspecified atom stereocenters. The molecule has 146 valence electrons. The second kappa shape index (κ2) is 8.79. The first-order valence-electron chi connectivity index (χ1n) is 8.32. The quantitative estimate of drug-likeness (QED) is 0.469. The van der Waals surface area contributed by atoms with Crippen molar-refractivity contribution >= 4 is 17.7 Å². The van der Waals surface area contributed by atoms with Crippen molar-refractivity contribution in [2.45, 2.75) is 23.0 Å². The Morgan fingerprint density at radius 1 is 1.29 bits per heavy atom. The molecule has 0 fully saturated rings. The first kappa shape index (κ1) is 19.8. The Kier molecular flexibility index (Phi) is 6.20. The Morgan fingerprint density at radius 3 is 2.68 bits per heavy atom. The van der Waals surface area contributed by atoms with Crippen LogP contribution in [0.2, 0.25) is 0 Å². The first-order valence-corrected chi connectivity index (χ1v) is 9.31. The number of halogens is 1. The molecule has 0 saturated carbocycles. The molecule has 0 amide bonds. The highest BCUT2D eigenvalue weighted by atomic mass is 32.2. The molecular weight excluding hydrogens is 387 g/mol. The zero-order valence-corrected chi connectivity index (χ0v) is 15.7. The van der Waals surface area contributed by atoms with Gasteiger partial charge in [-0.15, -0.1) is 11.8 Å². The summed E-state index contributed by atoms with van der Waals surface area (Å²) in [7, 11) is 1.24. The fraction of sp³-hybridized carbons (Fsp3) is 0.200. The summed E-state index contributed by atoms with van der Waals surface area (Å²) in [6, 6.07) is 10.3. The summed E-state index contributed by atoms with van der Waals surface area (Å²) in [5.41, 5.74) is -0.627. The van der Waals surface area contributed by atoms with E-state index in [0.717, 1.165) is 4.90 Å². The van der Waals surface area contributed by atoms with Crippen LogP contribution in [0, 0.1) is 5.82 Å². The molecule has 1 atom stereocenters. The van der Waals surface area contributed by atoms with Crippen molar-refractivity contribution in [3.63, 3.8) is 0 Å². The van der Waals surface area contributed by atoms with Crippen LogP contribution in [0.25, 0.3) is 0 Å². The van der Waals surface area contributed by atoms with Crippen LogP contribution in [0.5, 0.6) is 5.75 Å². The minimum Gasteiger partial charge on any atom is -0.502 e. The Labute approximate surface area is 163 Å². The third-order valence-electron chi connectivity index (χ3n) is 4.00. The van der Waals surface area contributed by atoms with Crippen molar-refractivity contribution in [3.8, 4) is 5.75 Å². The number of aromatic hydroxyl groups is 1. The average Bonchev–Trinajstić information content (AvgIpc) is 3.22. The maximum atomic E-state index is 13.0. The molecule has 28 heavy (non-hydrogen) atoms. The van der Waals surface area contributed by atoms with Gasteiger partial charge in [0, 0.05) is 11.0 Å². The zero-order chi connectivity index (χ0) is 20.1. The lowest BCUT2D eigenvalue weighted by atomic mass is 9.98. The summed E-state index contributed by atoms with van der Waals surface area (Å²) >= 11 is 1.34. The van der Waals surface area contributed by atoms with Gasteiger partial charge < -0.3 is 18.7 Å². The van der Waals surface area contributed by atoms with Crippen molar-refractivity contribution in [1.82, 2.24) is 0 Å². The molecule has 2 aromatic heterocycles. The Balaban J connectivity index is 1.91. The van der Waals surface area contributed by atoms with Crippen molar-refractivity contribution in [2.75, 3.05) is 7.11 Å². The van der Waals surface area contributed by atoms with E-state index in [4.69, 9.17) is 13.6 Å². The van der Waals surface area contributed by atoms with E-state index in [-0.39, 0.29) is 23.8 Å². The minimum absolute atomic E-state index is 0.0671. The molecular formula is C20H17FO6S. The van der Waals surface area contributed by atoms with Crippen molar-refractivity contribution < 1.29 is 27.9 Å². The molecule has 0 saturated heterocycles. The lowest BCUT2D eigenvalue weighted by molar-refractivity contribution is -0.141. The minimum atomic E-state index is -0.814. The van der Waals surface area contributed by atoms with Gasteiger partial charge in [0.1, 0.15) is 17.3 Å². The number of benzene rings is 1. The standard InChI is InChI=1S/C20H17FO6S/c1-25-18(23)10-15(17-3-2-8-26-17)20-19(24)16(22)9-13(27-20)11-28-14-6-4-12(21)5-7-14/h2-9,15,24H,10-11H2,1H3. The smallest absolute Gasteiger partial charge is 0.306 e. The van der Waals surface area contributed by atoms with Crippen LogP contribution in [0.15, 0.2) is 67.3 Å². The van der Waals surface area contributed by atoms with Gasteiger partial charge in [0.05, 0.1) is 31.5 Å². The number of ether oxygens (including phenoxy) is 1. The largest absolute Gasteiger partial charge is 0.502 e. The highest BCUT2D eigenvalue weighted by Crippen LogP contribution is 2.34. The molecule has 0 bridgehead atoms. The lowest BCUT2D eigenvalue weighted by Crippen LogP contribution is -2.13. The maximum Gasteiger partial charge on any atom is 0.306 e. The number of methoxy groups -OCH3 is 1. The molecule has 0 spiro atoms. The van der Waals surface area contributed by atoms with Gasteiger partial charge in [-0.1, -0.05) is 0 Å². The van der Waals surface area contributed by atoms with E-state index in [1.54, 1.807) is 24.3 Å². The Hall–Kier alpha value is -3.00. The summed E-state index contributed by atoms with van der Waals surface area (Å²) in [5, 5.41) is 10.2. The van der Waals surface area contributed by atoms with Crippen LogP contribution in [-0.2, 0) is 15.3 Å². The monoisotopic (exact) mass is 404 g/mol. The van der Waals surface area contributed by atoms with Crippen molar-refractivity contribution in [1.29, 1.82) is 0 Å². The Bertz CT molecular complexity index is 995. The molecule has 2 heterocycles. The summed E-state index contributed by atoms with van der Waals surface area (Å²) in [6.07, 6.45) is 1.25. The third-order valence-corrected chi connectivity index (χ3v) is 5.03. The van der Waals surface area contributed by atoms with Gasteiger partial charge >= 0.3 is 5.97 Å². The van der Waals surface area contributed by atoms with E-state index >= 15 is 0 Å². The van der Waals surface area contributed by atoms with E-state index < -0.39 is 23.1 Å². The van der Waals surface area contributed by atoms with Gasteiger partial charge in [-0.3, -0.25) is 9.59 Å². The van der Waals surface area contributed by atoms with E-state index in [0.29, 0.717) is 11.5 Å². The van der Waals surface area contributed by atoms with Crippen LogP contribution in [0.1, 0.15) is 29.6 Å². The maximum absolute atomic E-state index is 13.0. The van der Waals surface area contributed by atoms with Crippen molar-refractivity contribution in [3.05, 3.63) is 82.0 Å². The van der Waals surface area contributed by atoms with Crippen LogP contribution in [0.3, 0.4) is 0 Å². The normalized spacial score (nSPS) is 11.9. The van der Waals surface area contributed by atoms with Gasteiger partial charge in [0.2, 0.25) is 11.2 Å². The number of hydrogen-bond donors (Lipinski definition) is 1. The molecule has 0 radical (unpaired) electrons. The second-order valence-corrected chi connectivity index (χ2v) is 6.93. The average molecular weight is 404 g/mol. The summed E-state index contributed by atoms with van der Waals surface area (Å²) in [6.45, 7) is 0. The molecule has 1 aromatic carbocycles. The van der Waals surface area contributed by atoms with Gasteiger partial charge in [0.15, 0.2) is 5.76 Å². The van der Waals surface area contributed by atoms with Gasteiger partial charge in [-0.05, 0) is 36.4 Å². The summed E-state index contributed by atoms with van der Waals surface area (Å²) in [4.78, 5) is 24.8. The molecule has 3 aromatic rings. The number of rotatable bonds is 7. The van der Waals surface area contributed by atoms with E-state index in [1.165, 1.54) is 43.3 Å². The van der Waals surface area contributed by atoms with Crippen molar-refractivity contribution in [2.24, 2.45) is 0 Å². The summed E-state index contributed by atoms with van der Waals surface area (Å²) < 4.78 is 28.8. The van der Waals surface area contributed by atoms with Crippen LogP contribution in [0.4, 0.5) is 4.39 Å². The van der Waals surface area contributed by atoms with E-state index in [9.17, 15) is 19.1 Å². The summed E-state index contributed by atoms with van der Waals surface area (Å²) in [5.74, 6) is -1.42. The fourth-order valence-electron chi connectivity index (χ4n) is 2.61. The molecule has 1 N–H and O–H groups in total. The molecule has 3 rings (SSSR count). The SMILES string of the molecule is COC(=O)CC(c1ccco1)c1oc(CSc2ccc(F)cc2)cc(=O)c1O. The van der Waals surface area contributed by atoms with Crippen LogP contribution in [-0.4, -0.2) is 18.2 Å². The number of thioether (sulfide) groups is 1. The molecule has 0 aliphatic heterocycles. The molecule has 0 aliphatic carbocycles.